The zero-order valence-electron chi connectivity index (χ0n) is 8.95. The summed E-state index contributed by atoms with van der Waals surface area (Å²) < 4.78 is 6.06. The van der Waals surface area contributed by atoms with Crippen LogP contribution in [0.4, 0.5) is 0 Å². The monoisotopic (exact) mass is 235 g/mol. The minimum atomic E-state index is -1.10. The Morgan fingerprint density at radius 3 is 2.88 bits per heavy atom. The Morgan fingerprint density at radius 2 is 2.29 bits per heavy atom. The summed E-state index contributed by atoms with van der Waals surface area (Å²) in [6, 6.07) is 2.44. The van der Waals surface area contributed by atoms with E-state index in [1.54, 1.807) is 6.92 Å². The minimum absolute atomic E-state index is 0.0286. The van der Waals surface area contributed by atoms with Gasteiger partial charge in [0.2, 0.25) is 5.89 Å². The van der Waals surface area contributed by atoms with Crippen molar-refractivity contribution in [3.8, 4) is 0 Å². The van der Waals surface area contributed by atoms with Crippen LogP contribution in [0.3, 0.4) is 0 Å². The van der Waals surface area contributed by atoms with Crippen molar-refractivity contribution in [2.24, 2.45) is 0 Å². The lowest BCUT2D eigenvalue weighted by atomic mass is 10.3. The van der Waals surface area contributed by atoms with Crippen LogP contribution < -0.4 is 5.56 Å². The van der Waals surface area contributed by atoms with E-state index in [-0.39, 0.29) is 23.6 Å². The van der Waals surface area contributed by atoms with Gasteiger partial charge in [-0.05, 0) is 13.0 Å². The summed E-state index contributed by atoms with van der Waals surface area (Å²) in [6.45, 7) is 1.71. The fraction of sp³-hybridized carbons (Fsp3) is 0.200. The number of carboxylic acid groups (broad SMARTS) is 1. The molecule has 88 valence electrons. The molecule has 0 radical (unpaired) electrons. The Kier molecular flexibility index (Phi) is 2.73. The summed E-state index contributed by atoms with van der Waals surface area (Å²) in [7, 11) is 0. The van der Waals surface area contributed by atoms with E-state index in [0.29, 0.717) is 5.82 Å². The highest BCUT2D eigenvalue weighted by Gasteiger charge is 2.08. The number of hydrogen-bond acceptors (Lipinski definition) is 5. The molecule has 2 rings (SSSR count). The van der Waals surface area contributed by atoms with E-state index < -0.39 is 5.97 Å². The standard InChI is InChI=1S/C10H9N3O4/c1-6-11-8(17-12-6)5-13-4-7(10(15)16)2-3-9(13)14/h2-4H,5H2,1H3,(H,15,16). The van der Waals surface area contributed by atoms with E-state index in [4.69, 9.17) is 9.63 Å². The van der Waals surface area contributed by atoms with Gasteiger partial charge in [0.1, 0.15) is 6.54 Å². The summed E-state index contributed by atoms with van der Waals surface area (Å²) in [4.78, 5) is 26.2. The second kappa shape index (κ2) is 4.20. The Bertz CT molecular complexity index is 614. The molecule has 2 aromatic rings. The van der Waals surface area contributed by atoms with E-state index in [1.165, 1.54) is 22.9 Å². The molecule has 1 N–H and O–H groups in total. The van der Waals surface area contributed by atoms with Crippen LogP contribution in [-0.4, -0.2) is 25.8 Å². The number of hydrogen-bond donors (Lipinski definition) is 1. The molecule has 7 nitrogen and oxygen atoms in total. The van der Waals surface area contributed by atoms with Crippen LogP contribution in [0.2, 0.25) is 0 Å². The Hall–Kier alpha value is -2.44. The zero-order valence-corrected chi connectivity index (χ0v) is 8.95. The quantitative estimate of drug-likeness (QED) is 0.820. The fourth-order valence-corrected chi connectivity index (χ4v) is 1.33. The molecule has 0 saturated carbocycles. The van der Waals surface area contributed by atoms with Gasteiger partial charge in [-0.15, -0.1) is 0 Å². The smallest absolute Gasteiger partial charge is 0.337 e. The van der Waals surface area contributed by atoms with Crippen LogP contribution in [0, 0.1) is 6.92 Å². The molecular formula is C10H9N3O4. The summed E-state index contributed by atoms with van der Waals surface area (Å²) in [5.74, 6) is -0.380. The van der Waals surface area contributed by atoms with Crippen LogP contribution in [0.5, 0.6) is 0 Å². The number of nitrogens with zero attached hydrogens (tertiary/aromatic N) is 3. The van der Waals surface area contributed by atoms with E-state index >= 15 is 0 Å². The maximum atomic E-state index is 11.5. The molecule has 2 heterocycles. The predicted molar refractivity (Wildman–Crippen MR) is 55.8 cm³/mol. The molecule has 0 saturated heterocycles. The van der Waals surface area contributed by atoms with Crippen molar-refractivity contribution in [1.29, 1.82) is 0 Å². The summed E-state index contributed by atoms with van der Waals surface area (Å²) in [5.41, 5.74) is -0.299. The minimum Gasteiger partial charge on any atom is -0.478 e. The van der Waals surface area contributed by atoms with Crippen LogP contribution in [0.25, 0.3) is 0 Å². The highest BCUT2D eigenvalue weighted by molar-refractivity contribution is 5.87. The third-order valence-electron chi connectivity index (χ3n) is 2.11. The third-order valence-corrected chi connectivity index (χ3v) is 2.11. The summed E-state index contributed by atoms with van der Waals surface area (Å²) >= 11 is 0. The number of rotatable bonds is 3. The maximum absolute atomic E-state index is 11.5. The topological polar surface area (TPSA) is 98.2 Å². The largest absolute Gasteiger partial charge is 0.478 e. The molecule has 7 heteroatoms. The predicted octanol–water partition coefficient (Wildman–Crippen LogP) is 0.286. The van der Waals surface area contributed by atoms with Gasteiger partial charge in [-0.3, -0.25) is 4.79 Å². The number of aryl methyl sites for hydroxylation is 1. The SMILES string of the molecule is Cc1noc(Cn2cc(C(=O)O)ccc2=O)n1. The zero-order chi connectivity index (χ0) is 12.4. The summed E-state index contributed by atoms with van der Waals surface area (Å²) in [5, 5.41) is 12.4. The van der Waals surface area contributed by atoms with Crippen molar-refractivity contribution in [2.45, 2.75) is 13.5 Å². The first-order valence-corrected chi connectivity index (χ1v) is 4.79. The van der Waals surface area contributed by atoms with Gasteiger partial charge >= 0.3 is 5.97 Å². The molecule has 0 bridgehead atoms. The van der Waals surface area contributed by atoms with Crippen LogP contribution in [-0.2, 0) is 6.54 Å². The molecule has 0 aliphatic rings. The molecule has 0 atom stereocenters. The number of carbonyl (C=O) groups is 1. The second-order valence-electron chi connectivity index (χ2n) is 3.42. The van der Waals surface area contributed by atoms with Crippen molar-refractivity contribution < 1.29 is 14.4 Å². The highest BCUT2D eigenvalue weighted by atomic mass is 16.5. The molecular weight excluding hydrogens is 226 g/mol. The fourth-order valence-electron chi connectivity index (χ4n) is 1.33. The average Bonchev–Trinajstić information content (AvgIpc) is 2.67. The van der Waals surface area contributed by atoms with E-state index in [2.05, 4.69) is 10.1 Å². The van der Waals surface area contributed by atoms with E-state index in [1.807, 2.05) is 0 Å². The van der Waals surface area contributed by atoms with Gasteiger partial charge in [0.15, 0.2) is 5.82 Å². The first-order chi connectivity index (χ1) is 8.06. The first-order valence-electron chi connectivity index (χ1n) is 4.79. The van der Waals surface area contributed by atoms with Crippen LogP contribution in [0.1, 0.15) is 22.1 Å². The number of carboxylic acids is 1. The van der Waals surface area contributed by atoms with E-state index in [0.717, 1.165) is 0 Å². The normalized spacial score (nSPS) is 10.4. The van der Waals surface area contributed by atoms with Crippen molar-refractivity contribution >= 4 is 5.97 Å². The summed E-state index contributed by atoms with van der Waals surface area (Å²) in [6.07, 6.45) is 1.24. The molecule has 0 fully saturated rings. The van der Waals surface area contributed by atoms with Gasteiger partial charge in [-0.25, -0.2) is 4.79 Å². The highest BCUT2D eigenvalue weighted by Crippen LogP contribution is 2.00. The Balaban J connectivity index is 2.35. The van der Waals surface area contributed by atoms with Gasteiger partial charge in [0.25, 0.3) is 5.56 Å². The van der Waals surface area contributed by atoms with Crippen molar-refractivity contribution in [2.75, 3.05) is 0 Å². The first kappa shape index (κ1) is 11.1. The molecule has 2 aromatic heterocycles. The average molecular weight is 235 g/mol. The number of pyridine rings is 1. The van der Waals surface area contributed by atoms with Gasteiger partial charge in [0.05, 0.1) is 5.56 Å². The van der Waals surface area contributed by atoms with Crippen molar-refractivity contribution in [1.82, 2.24) is 14.7 Å². The maximum Gasteiger partial charge on any atom is 0.337 e. The molecule has 0 unspecified atom stereocenters. The lowest BCUT2D eigenvalue weighted by Crippen LogP contribution is -2.20. The van der Waals surface area contributed by atoms with Crippen LogP contribution >= 0.6 is 0 Å². The van der Waals surface area contributed by atoms with Gasteiger partial charge in [-0.1, -0.05) is 5.16 Å². The lowest BCUT2D eigenvalue weighted by molar-refractivity contribution is 0.0695. The van der Waals surface area contributed by atoms with Crippen molar-refractivity contribution in [3.63, 3.8) is 0 Å². The molecule has 0 aliphatic carbocycles. The number of aromatic carboxylic acids is 1. The number of aromatic nitrogens is 3. The molecule has 0 aromatic carbocycles. The molecule has 0 aliphatic heterocycles. The Labute approximate surface area is 95.3 Å². The molecule has 0 spiro atoms. The van der Waals surface area contributed by atoms with Gasteiger partial charge in [0, 0.05) is 12.3 Å². The lowest BCUT2D eigenvalue weighted by Gasteiger charge is -2.02. The van der Waals surface area contributed by atoms with Gasteiger partial charge < -0.3 is 14.2 Å². The van der Waals surface area contributed by atoms with E-state index in [9.17, 15) is 9.59 Å². The van der Waals surface area contributed by atoms with Crippen LogP contribution in [0.15, 0.2) is 27.6 Å². The third kappa shape index (κ3) is 2.39. The van der Waals surface area contributed by atoms with Gasteiger partial charge in [-0.2, -0.15) is 4.98 Å². The molecule has 17 heavy (non-hydrogen) atoms. The van der Waals surface area contributed by atoms with Crippen molar-refractivity contribution in [3.05, 3.63) is 46.0 Å². The second-order valence-corrected chi connectivity index (χ2v) is 3.42. The molecule has 0 amide bonds. The Morgan fingerprint density at radius 1 is 1.53 bits per heavy atom.